The third kappa shape index (κ3) is 4.16. The van der Waals surface area contributed by atoms with Crippen molar-refractivity contribution in [2.24, 2.45) is 0 Å². The van der Waals surface area contributed by atoms with Gasteiger partial charge in [0.15, 0.2) is 0 Å². The molecule has 2 N–H and O–H groups in total. The van der Waals surface area contributed by atoms with Gasteiger partial charge in [0.05, 0.1) is 25.4 Å². The maximum atomic E-state index is 12.3. The first-order chi connectivity index (χ1) is 10.1. The molecule has 0 atom stereocenters. The molecule has 0 bridgehead atoms. The van der Waals surface area contributed by atoms with Gasteiger partial charge < -0.3 is 15.4 Å². The molecule has 1 aromatic heterocycles. The van der Waals surface area contributed by atoms with Crippen LogP contribution in [0.2, 0.25) is 0 Å². The molecule has 114 valence electrons. The number of nitrogen functional groups attached to an aromatic ring is 1. The molecule has 1 amide bonds. The summed E-state index contributed by atoms with van der Waals surface area (Å²) in [5.41, 5.74) is 6.51. The highest BCUT2D eigenvalue weighted by Gasteiger charge is 2.23. The zero-order chi connectivity index (χ0) is 15.2. The van der Waals surface area contributed by atoms with E-state index in [0.717, 1.165) is 13.1 Å². The lowest BCUT2D eigenvalue weighted by Gasteiger charge is -2.34. The Balaban J connectivity index is 1.82. The number of carbonyl (C=O) groups excluding carboxylic acids is 2. The van der Waals surface area contributed by atoms with E-state index in [1.807, 2.05) is 0 Å². The van der Waals surface area contributed by atoms with Crippen LogP contribution in [0.25, 0.3) is 0 Å². The molecule has 0 aliphatic carbocycles. The van der Waals surface area contributed by atoms with E-state index in [9.17, 15) is 9.59 Å². The Hall–Kier alpha value is -2.15. The molecule has 21 heavy (non-hydrogen) atoms. The van der Waals surface area contributed by atoms with E-state index in [0.29, 0.717) is 37.4 Å². The molecule has 1 fully saturated rings. The smallest absolute Gasteiger partial charge is 0.306 e. The molecule has 0 saturated carbocycles. The first-order valence-corrected chi connectivity index (χ1v) is 6.90. The van der Waals surface area contributed by atoms with Crippen molar-refractivity contribution in [2.45, 2.75) is 6.42 Å². The molecule has 7 nitrogen and oxygen atoms in total. The largest absolute Gasteiger partial charge is 0.469 e. The van der Waals surface area contributed by atoms with Crippen LogP contribution in [0.4, 0.5) is 5.69 Å². The third-order valence-corrected chi connectivity index (χ3v) is 3.52. The number of carbonyl (C=O) groups is 2. The van der Waals surface area contributed by atoms with Crippen LogP contribution < -0.4 is 5.73 Å². The summed E-state index contributed by atoms with van der Waals surface area (Å²) in [7, 11) is 1.39. The highest BCUT2D eigenvalue weighted by molar-refractivity contribution is 5.92. The first-order valence-electron chi connectivity index (χ1n) is 6.90. The van der Waals surface area contributed by atoms with Crippen molar-refractivity contribution in [2.75, 3.05) is 45.6 Å². The quantitative estimate of drug-likeness (QED) is 0.785. The zero-order valence-corrected chi connectivity index (χ0v) is 12.1. The molecule has 7 heteroatoms. The van der Waals surface area contributed by atoms with Crippen LogP contribution in [-0.2, 0) is 9.53 Å². The summed E-state index contributed by atoms with van der Waals surface area (Å²) < 4.78 is 4.62. The lowest BCUT2D eigenvalue weighted by Crippen LogP contribution is -2.49. The van der Waals surface area contributed by atoms with Gasteiger partial charge in [-0.1, -0.05) is 0 Å². The Morgan fingerprint density at radius 3 is 2.57 bits per heavy atom. The zero-order valence-electron chi connectivity index (χ0n) is 12.1. The number of aromatic nitrogens is 1. The molecule has 1 aliphatic rings. The summed E-state index contributed by atoms with van der Waals surface area (Å²) in [5, 5.41) is 0. The van der Waals surface area contributed by atoms with Crippen molar-refractivity contribution in [3.8, 4) is 0 Å². The summed E-state index contributed by atoms with van der Waals surface area (Å²) in [6.07, 6.45) is 1.86. The third-order valence-electron chi connectivity index (χ3n) is 3.52. The summed E-state index contributed by atoms with van der Waals surface area (Å²) in [6.45, 7) is 3.42. The maximum absolute atomic E-state index is 12.3. The average molecular weight is 292 g/mol. The number of rotatable bonds is 4. The minimum atomic E-state index is -0.209. The average Bonchev–Trinajstić information content (AvgIpc) is 2.53. The molecular formula is C14H20N4O3. The number of ether oxygens (including phenoxy) is 1. The Morgan fingerprint density at radius 2 is 2.00 bits per heavy atom. The monoisotopic (exact) mass is 292 g/mol. The fourth-order valence-corrected chi connectivity index (χ4v) is 2.22. The number of nitrogens with zero attached hydrogens (tertiary/aromatic N) is 3. The SMILES string of the molecule is COC(=O)CCN1CCN(C(=O)c2ccc(N)cn2)CC1. The van der Waals surface area contributed by atoms with E-state index in [4.69, 9.17) is 5.73 Å². The van der Waals surface area contributed by atoms with E-state index >= 15 is 0 Å². The highest BCUT2D eigenvalue weighted by atomic mass is 16.5. The van der Waals surface area contributed by atoms with E-state index in [1.54, 1.807) is 17.0 Å². The maximum Gasteiger partial charge on any atom is 0.306 e. The molecule has 0 radical (unpaired) electrons. The second-order valence-electron chi connectivity index (χ2n) is 4.94. The number of nitrogens with two attached hydrogens (primary N) is 1. The number of anilines is 1. The highest BCUT2D eigenvalue weighted by Crippen LogP contribution is 2.09. The number of methoxy groups -OCH3 is 1. The van der Waals surface area contributed by atoms with Crippen molar-refractivity contribution in [3.63, 3.8) is 0 Å². The van der Waals surface area contributed by atoms with Crippen LogP contribution in [0.15, 0.2) is 18.3 Å². The standard InChI is InChI=1S/C14H20N4O3/c1-21-13(19)4-5-17-6-8-18(9-7-17)14(20)12-3-2-11(15)10-16-12/h2-3,10H,4-9,15H2,1H3. The summed E-state index contributed by atoms with van der Waals surface area (Å²) in [6, 6.07) is 3.31. The van der Waals surface area contributed by atoms with Crippen LogP contribution in [0.5, 0.6) is 0 Å². The van der Waals surface area contributed by atoms with Gasteiger partial charge in [-0.25, -0.2) is 4.98 Å². The topological polar surface area (TPSA) is 88.8 Å². The predicted octanol–water partition coefficient (Wildman–Crippen LogP) is -0.0153. The van der Waals surface area contributed by atoms with Gasteiger partial charge in [0.25, 0.3) is 5.91 Å². The van der Waals surface area contributed by atoms with E-state index in [1.165, 1.54) is 13.3 Å². The number of piperazine rings is 1. The predicted molar refractivity (Wildman–Crippen MR) is 77.6 cm³/mol. The van der Waals surface area contributed by atoms with Gasteiger partial charge in [-0.15, -0.1) is 0 Å². The van der Waals surface area contributed by atoms with Crippen LogP contribution >= 0.6 is 0 Å². The summed E-state index contributed by atoms with van der Waals surface area (Å²) in [4.78, 5) is 31.3. The lowest BCUT2D eigenvalue weighted by atomic mass is 10.2. The number of hydrogen-bond acceptors (Lipinski definition) is 6. The Kier molecular flexibility index (Phi) is 5.10. The second kappa shape index (κ2) is 7.03. The molecular weight excluding hydrogens is 272 g/mol. The van der Waals surface area contributed by atoms with Gasteiger partial charge >= 0.3 is 5.97 Å². The second-order valence-corrected chi connectivity index (χ2v) is 4.94. The fraction of sp³-hybridized carbons (Fsp3) is 0.500. The van der Waals surface area contributed by atoms with Crippen LogP contribution in [0.1, 0.15) is 16.9 Å². The van der Waals surface area contributed by atoms with Crippen molar-refractivity contribution >= 4 is 17.6 Å². The number of hydrogen-bond donors (Lipinski definition) is 1. The van der Waals surface area contributed by atoms with Gasteiger partial charge in [-0.05, 0) is 12.1 Å². The minimum absolute atomic E-state index is 0.0809. The fourth-order valence-electron chi connectivity index (χ4n) is 2.22. The molecule has 2 heterocycles. The van der Waals surface area contributed by atoms with Crippen LogP contribution in [0, 0.1) is 0 Å². The molecule has 0 aromatic carbocycles. The van der Waals surface area contributed by atoms with E-state index in [-0.39, 0.29) is 11.9 Å². The van der Waals surface area contributed by atoms with Crippen molar-refractivity contribution in [1.82, 2.24) is 14.8 Å². The lowest BCUT2D eigenvalue weighted by molar-refractivity contribution is -0.141. The van der Waals surface area contributed by atoms with Crippen LogP contribution in [-0.4, -0.2) is 66.5 Å². The van der Waals surface area contributed by atoms with Gasteiger partial charge in [0.1, 0.15) is 5.69 Å². The summed E-state index contributed by atoms with van der Waals surface area (Å²) in [5.74, 6) is -0.290. The van der Waals surface area contributed by atoms with Crippen LogP contribution in [0.3, 0.4) is 0 Å². The summed E-state index contributed by atoms with van der Waals surface area (Å²) >= 11 is 0. The van der Waals surface area contributed by atoms with Crippen molar-refractivity contribution in [1.29, 1.82) is 0 Å². The van der Waals surface area contributed by atoms with Gasteiger partial charge in [-0.2, -0.15) is 0 Å². The molecule has 1 saturated heterocycles. The Bertz CT molecular complexity index is 495. The van der Waals surface area contributed by atoms with E-state index < -0.39 is 0 Å². The molecule has 0 unspecified atom stereocenters. The Labute approximate surface area is 123 Å². The van der Waals surface area contributed by atoms with Crippen molar-refractivity contribution in [3.05, 3.63) is 24.0 Å². The molecule has 2 rings (SSSR count). The van der Waals surface area contributed by atoms with E-state index in [2.05, 4.69) is 14.6 Å². The van der Waals surface area contributed by atoms with Crippen molar-refractivity contribution < 1.29 is 14.3 Å². The Morgan fingerprint density at radius 1 is 1.29 bits per heavy atom. The number of esters is 1. The first kappa shape index (κ1) is 15.2. The normalized spacial score (nSPS) is 15.8. The minimum Gasteiger partial charge on any atom is -0.469 e. The van der Waals surface area contributed by atoms with Gasteiger partial charge in [0.2, 0.25) is 0 Å². The molecule has 1 aromatic rings. The van der Waals surface area contributed by atoms with Gasteiger partial charge in [-0.3, -0.25) is 14.5 Å². The number of amides is 1. The molecule has 0 spiro atoms. The number of pyridine rings is 1. The van der Waals surface area contributed by atoms with Gasteiger partial charge in [0, 0.05) is 32.7 Å². The molecule has 1 aliphatic heterocycles.